The summed E-state index contributed by atoms with van der Waals surface area (Å²) in [5.41, 5.74) is 2.11. The van der Waals surface area contributed by atoms with Gasteiger partial charge in [-0.15, -0.1) is 0 Å². The van der Waals surface area contributed by atoms with E-state index in [1.807, 2.05) is 27.0 Å². The van der Waals surface area contributed by atoms with Crippen molar-refractivity contribution < 1.29 is 8.42 Å². The van der Waals surface area contributed by atoms with E-state index in [0.29, 0.717) is 18.0 Å². The smallest absolute Gasteiger partial charge is 0.242 e. The predicted molar refractivity (Wildman–Crippen MR) is 69.4 cm³/mol. The Hall–Kier alpha value is -0.910. The Morgan fingerprint density at radius 3 is 2.53 bits per heavy atom. The van der Waals surface area contributed by atoms with Gasteiger partial charge in [0, 0.05) is 20.1 Å². The van der Waals surface area contributed by atoms with Crippen LogP contribution in [0.1, 0.15) is 18.1 Å². The van der Waals surface area contributed by atoms with Gasteiger partial charge in [0.25, 0.3) is 0 Å². The molecule has 1 aromatic carbocycles. The van der Waals surface area contributed by atoms with Crippen LogP contribution in [0.25, 0.3) is 0 Å². The fourth-order valence-corrected chi connectivity index (χ4v) is 2.77. The molecule has 0 aromatic heterocycles. The molecule has 0 unspecified atom stereocenters. The highest BCUT2D eigenvalue weighted by molar-refractivity contribution is 7.89. The number of benzene rings is 1. The maximum atomic E-state index is 12.1. The van der Waals surface area contributed by atoms with Crippen LogP contribution >= 0.6 is 0 Å². The van der Waals surface area contributed by atoms with Crippen molar-refractivity contribution in [1.29, 1.82) is 0 Å². The van der Waals surface area contributed by atoms with Crippen molar-refractivity contribution in [3.8, 4) is 0 Å². The third kappa shape index (κ3) is 3.06. The molecule has 5 heteroatoms. The summed E-state index contributed by atoms with van der Waals surface area (Å²) < 4.78 is 25.6. The topological polar surface area (TPSA) is 49.4 Å². The minimum absolute atomic E-state index is 0.359. The number of rotatable bonds is 5. The Bertz CT molecular complexity index is 483. The van der Waals surface area contributed by atoms with E-state index in [0.717, 1.165) is 11.1 Å². The minimum Gasteiger partial charge on any atom is -0.316 e. The van der Waals surface area contributed by atoms with Crippen molar-refractivity contribution in [2.24, 2.45) is 0 Å². The van der Waals surface area contributed by atoms with E-state index in [9.17, 15) is 8.42 Å². The molecule has 0 bridgehead atoms. The molecule has 0 radical (unpaired) electrons. The first-order valence-electron chi connectivity index (χ1n) is 5.64. The molecule has 17 heavy (non-hydrogen) atoms. The molecule has 1 rings (SSSR count). The summed E-state index contributed by atoms with van der Waals surface area (Å²) in [7, 11) is 0.0952. The lowest BCUT2D eigenvalue weighted by Crippen LogP contribution is -2.26. The highest BCUT2D eigenvalue weighted by Crippen LogP contribution is 2.18. The van der Waals surface area contributed by atoms with E-state index < -0.39 is 10.0 Å². The van der Waals surface area contributed by atoms with E-state index in [2.05, 4.69) is 5.32 Å². The Morgan fingerprint density at radius 1 is 1.35 bits per heavy atom. The van der Waals surface area contributed by atoms with Crippen LogP contribution in [0.2, 0.25) is 0 Å². The quantitative estimate of drug-likeness (QED) is 0.865. The van der Waals surface area contributed by atoms with Gasteiger partial charge in [-0.05, 0) is 37.2 Å². The molecule has 1 aromatic rings. The summed E-state index contributed by atoms with van der Waals surface area (Å²) in [4.78, 5) is 0.359. The van der Waals surface area contributed by atoms with E-state index in [1.165, 1.54) is 4.31 Å². The maximum absolute atomic E-state index is 12.1. The second kappa shape index (κ2) is 5.62. The van der Waals surface area contributed by atoms with Gasteiger partial charge in [0.05, 0.1) is 4.90 Å². The van der Waals surface area contributed by atoms with Gasteiger partial charge in [-0.3, -0.25) is 0 Å². The van der Waals surface area contributed by atoms with Crippen molar-refractivity contribution in [3.05, 3.63) is 29.3 Å². The predicted octanol–water partition coefficient (Wildman–Crippen LogP) is 1.35. The van der Waals surface area contributed by atoms with Gasteiger partial charge in [0.15, 0.2) is 0 Å². The molecular formula is C12H20N2O2S. The van der Waals surface area contributed by atoms with Crippen molar-refractivity contribution in [1.82, 2.24) is 9.62 Å². The van der Waals surface area contributed by atoms with Gasteiger partial charge in [-0.2, -0.15) is 0 Å². The number of hydrogen-bond donors (Lipinski definition) is 1. The van der Waals surface area contributed by atoms with Gasteiger partial charge < -0.3 is 5.32 Å². The molecule has 96 valence electrons. The van der Waals surface area contributed by atoms with E-state index in [-0.39, 0.29) is 0 Å². The molecule has 0 aliphatic heterocycles. The molecule has 0 aliphatic rings. The molecular weight excluding hydrogens is 236 g/mol. The average Bonchev–Trinajstić information content (AvgIpc) is 2.30. The third-order valence-electron chi connectivity index (χ3n) is 2.84. The SMILES string of the molecule is CCN(C)S(=O)(=O)c1ccc(C)c(CNC)c1. The zero-order valence-corrected chi connectivity index (χ0v) is 11.6. The maximum Gasteiger partial charge on any atom is 0.242 e. The molecule has 0 saturated heterocycles. The van der Waals surface area contributed by atoms with Crippen LogP contribution in [0.3, 0.4) is 0 Å². The molecule has 0 heterocycles. The molecule has 1 N–H and O–H groups in total. The Morgan fingerprint density at radius 2 is 2.00 bits per heavy atom. The minimum atomic E-state index is -3.34. The highest BCUT2D eigenvalue weighted by atomic mass is 32.2. The fourth-order valence-electron chi connectivity index (χ4n) is 1.54. The summed E-state index contributed by atoms with van der Waals surface area (Å²) in [5, 5.41) is 3.04. The second-order valence-corrected chi connectivity index (χ2v) is 6.08. The van der Waals surface area contributed by atoms with Gasteiger partial charge in [-0.1, -0.05) is 13.0 Å². The summed E-state index contributed by atoms with van der Waals surface area (Å²) in [6.45, 7) is 4.94. The van der Waals surface area contributed by atoms with Crippen molar-refractivity contribution >= 4 is 10.0 Å². The molecule has 0 spiro atoms. The largest absolute Gasteiger partial charge is 0.316 e. The van der Waals surface area contributed by atoms with Crippen LogP contribution in [0.5, 0.6) is 0 Å². The van der Waals surface area contributed by atoms with Crippen LogP contribution in [0.4, 0.5) is 0 Å². The van der Waals surface area contributed by atoms with Gasteiger partial charge in [-0.25, -0.2) is 12.7 Å². The van der Waals surface area contributed by atoms with Crippen LogP contribution in [0, 0.1) is 6.92 Å². The van der Waals surface area contributed by atoms with Gasteiger partial charge in [0.1, 0.15) is 0 Å². The van der Waals surface area contributed by atoms with Gasteiger partial charge >= 0.3 is 0 Å². The summed E-state index contributed by atoms with van der Waals surface area (Å²) in [6, 6.07) is 5.26. The number of sulfonamides is 1. The Kier molecular flexibility index (Phi) is 4.68. The third-order valence-corrected chi connectivity index (χ3v) is 4.77. The van der Waals surface area contributed by atoms with Crippen LogP contribution < -0.4 is 5.32 Å². The first-order chi connectivity index (χ1) is 7.93. The summed E-state index contributed by atoms with van der Waals surface area (Å²) in [6.07, 6.45) is 0. The van der Waals surface area contributed by atoms with Gasteiger partial charge in [0.2, 0.25) is 10.0 Å². The summed E-state index contributed by atoms with van der Waals surface area (Å²) >= 11 is 0. The van der Waals surface area contributed by atoms with Crippen molar-refractivity contribution in [2.75, 3.05) is 20.6 Å². The number of hydrogen-bond acceptors (Lipinski definition) is 3. The molecule has 0 aliphatic carbocycles. The molecule has 0 saturated carbocycles. The standard InChI is InChI=1S/C12H20N2O2S/c1-5-14(4)17(15,16)12-7-6-10(2)11(8-12)9-13-3/h6-8,13H,5,9H2,1-4H3. The van der Waals surface area contributed by atoms with E-state index in [1.54, 1.807) is 19.2 Å². The highest BCUT2D eigenvalue weighted by Gasteiger charge is 2.19. The summed E-state index contributed by atoms with van der Waals surface area (Å²) in [5.74, 6) is 0. The molecule has 0 atom stereocenters. The number of nitrogens with one attached hydrogen (secondary N) is 1. The normalized spacial score (nSPS) is 12.1. The zero-order valence-electron chi connectivity index (χ0n) is 10.8. The Labute approximate surface area is 104 Å². The fraction of sp³-hybridized carbons (Fsp3) is 0.500. The van der Waals surface area contributed by atoms with Crippen molar-refractivity contribution in [2.45, 2.75) is 25.3 Å². The van der Waals surface area contributed by atoms with E-state index in [4.69, 9.17) is 0 Å². The number of nitrogens with zero attached hydrogens (tertiary/aromatic N) is 1. The van der Waals surface area contributed by atoms with Crippen LogP contribution in [-0.2, 0) is 16.6 Å². The first kappa shape index (κ1) is 14.2. The van der Waals surface area contributed by atoms with Crippen molar-refractivity contribution in [3.63, 3.8) is 0 Å². The first-order valence-corrected chi connectivity index (χ1v) is 7.08. The molecule has 0 fully saturated rings. The Balaban J connectivity index is 3.20. The van der Waals surface area contributed by atoms with E-state index >= 15 is 0 Å². The van der Waals surface area contributed by atoms with Crippen LogP contribution in [0.15, 0.2) is 23.1 Å². The number of aryl methyl sites for hydroxylation is 1. The molecule has 0 amide bonds. The lowest BCUT2D eigenvalue weighted by atomic mass is 10.1. The monoisotopic (exact) mass is 256 g/mol. The second-order valence-electron chi connectivity index (χ2n) is 4.04. The van der Waals surface area contributed by atoms with Crippen LogP contribution in [-0.4, -0.2) is 33.4 Å². The average molecular weight is 256 g/mol. The molecule has 4 nitrogen and oxygen atoms in total. The zero-order chi connectivity index (χ0) is 13.1. The lowest BCUT2D eigenvalue weighted by Gasteiger charge is -2.16. The lowest BCUT2D eigenvalue weighted by molar-refractivity contribution is 0.486.